The lowest BCUT2D eigenvalue weighted by molar-refractivity contribution is -0.126. The van der Waals surface area contributed by atoms with E-state index >= 15 is 0 Å². The zero-order valence-corrected chi connectivity index (χ0v) is 10.5. The molecule has 2 saturated carbocycles. The summed E-state index contributed by atoms with van der Waals surface area (Å²) in [7, 11) is 0. The predicted molar refractivity (Wildman–Crippen MR) is 66.6 cm³/mol. The van der Waals surface area contributed by atoms with Crippen molar-refractivity contribution in [2.45, 2.75) is 63.0 Å². The van der Waals surface area contributed by atoms with Gasteiger partial charge in [0, 0.05) is 6.54 Å². The summed E-state index contributed by atoms with van der Waals surface area (Å²) in [5.74, 6) is 0.00465. The van der Waals surface area contributed by atoms with Crippen molar-refractivity contribution in [1.82, 2.24) is 5.32 Å². The first-order valence-electron chi connectivity index (χ1n) is 6.89. The Balaban J connectivity index is 1.59. The van der Waals surface area contributed by atoms with Crippen molar-refractivity contribution >= 4 is 5.91 Å². The summed E-state index contributed by atoms with van der Waals surface area (Å²) in [5.41, 5.74) is 5.45. The molecule has 0 bridgehead atoms. The van der Waals surface area contributed by atoms with Crippen LogP contribution in [-0.4, -0.2) is 30.7 Å². The van der Waals surface area contributed by atoms with Crippen molar-refractivity contribution in [2.75, 3.05) is 13.2 Å². The average Bonchev–Trinajstić information content (AvgIpc) is 2.96. The summed E-state index contributed by atoms with van der Waals surface area (Å²) >= 11 is 0. The van der Waals surface area contributed by atoms with E-state index in [-0.39, 0.29) is 5.91 Å². The monoisotopic (exact) mass is 240 g/mol. The molecule has 0 atom stereocenters. The van der Waals surface area contributed by atoms with E-state index in [1.54, 1.807) is 0 Å². The third kappa shape index (κ3) is 3.42. The number of nitrogens with one attached hydrogen (secondary N) is 1. The molecular weight excluding hydrogens is 216 g/mol. The molecular formula is C13H24N2O2. The van der Waals surface area contributed by atoms with Gasteiger partial charge in [0.2, 0.25) is 5.91 Å². The van der Waals surface area contributed by atoms with Gasteiger partial charge >= 0.3 is 0 Å². The Morgan fingerprint density at radius 1 is 1.24 bits per heavy atom. The zero-order chi connectivity index (χ0) is 12.1. The topological polar surface area (TPSA) is 64.4 Å². The van der Waals surface area contributed by atoms with E-state index in [9.17, 15) is 4.79 Å². The first-order valence-corrected chi connectivity index (χ1v) is 6.89. The average molecular weight is 240 g/mol. The maximum atomic E-state index is 11.9. The van der Waals surface area contributed by atoms with Crippen LogP contribution in [0.5, 0.6) is 0 Å². The van der Waals surface area contributed by atoms with Gasteiger partial charge in [0.25, 0.3) is 0 Å². The van der Waals surface area contributed by atoms with Crippen LogP contribution in [0.2, 0.25) is 0 Å². The second kappa shape index (κ2) is 5.83. The number of rotatable bonds is 5. The Morgan fingerprint density at radius 3 is 2.53 bits per heavy atom. The fraction of sp³-hybridized carbons (Fsp3) is 0.923. The number of carbonyl (C=O) groups is 1. The number of ether oxygens (including phenoxy) is 1. The Hall–Kier alpha value is -0.610. The van der Waals surface area contributed by atoms with Crippen LogP contribution in [0.4, 0.5) is 0 Å². The molecule has 98 valence electrons. The molecule has 1 amide bonds. The van der Waals surface area contributed by atoms with Crippen molar-refractivity contribution in [2.24, 2.45) is 5.73 Å². The van der Waals surface area contributed by atoms with Crippen LogP contribution in [0, 0.1) is 0 Å². The van der Waals surface area contributed by atoms with Crippen LogP contribution in [0.25, 0.3) is 0 Å². The molecule has 3 N–H and O–H groups in total. The Kier molecular flexibility index (Phi) is 4.40. The number of hydrogen-bond donors (Lipinski definition) is 2. The maximum absolute atomic E-state index is 11.9. The van der Waals surface area contributed by atoms with E-state index in [4.69, 9.17) is 10.5 Å². The Labute approximate surface area is 103 Å². The number of nitrogens with two attached hydrogens (primary N) is 1. The quantitative estimate of drug-likeness (QED) is 0.713. The lowest BCUT2D eigenvalue weighted by Crippen LogP contribution is -2.52. The fourth-order valence-electron chi connectivity index (χ4n) is 2.85. The molecule has 2 fully saturated rings. The van der Waals surface area contributed by atoms with Gasteiger partial charge in [0.05, 0.1) is 18.2 Å². The van der Waals surface area contributed by atoms with Gasteiger partial charge in [0.15, 0.2) is 0 Å². The van der Waals surface area contributed by atoms with Crippen molar-refractivity contribution < 1.29 is 9.53 Å². The molecule has 0 aliphatic heterocycles. The molecule has 0 spiro atoms. The second-order valence-corrected chi connectivity index (χ2v) is 5.40. The molecule has 2 rings (SSSR count). The molecule has 0 unspecified atom stereocenters. The SMILES string of the molecule is NC1(C(=O)NCCOC2CCCC2)CCCC1. The van der Waals surface area contributed by atoms with E-state index in [0.717, 1.165) is 25.7 Å². The highest BCUT2D eigenvalue weighted by molar-refractivity contribution is 5.86. The zero-order valence-electron chi connectivity index (χ0n) is 10.5. The van der Waals surface area contributed by atoms with E-state index in [0.29, 0.717) is 19.3 Å². The predicted octanol–water partition coefficient (Wildman–Crippen LogP) is 1.33. The van der Waals surface area contributed by atoms with Crippen molar-refractivity contribution in [3.63, 3.8) is 0 Å². The maximum Gasteiger partial charge on any atom is 0.240 e. The number of amides is 1. The molecule has 0 heterocycles. The molecule has 0 aromatic rings. The summed E-state index contributed by atoms with van der Waals surface area (Å²) in [5, 5.41) is 2.90. The summed E-state index contributed by atoms with van der Waals surface area (Å²) in [6.07, 6.45) is 9.12. The largest absolute Gasteiger partial charge is 0.376 e. The van der Waals surface area contributed by atoms with Crippen LogP contribution in [0.1, 0.15) is 51.4 Å². The van der Waals surface area contributed by atoms with Gasteiger partial charge < -0.3 is 15.8 Å². The van der Waals surface area contributed by atoms with E-state index < -0.39 is 5.54 Å². The third-order valence-corrected chi connectivity index (χ3v) is 3.99. The first kappa shape index (κ1) is 12.8. The lowest BCUT2D eigenvalue weighted by Gasteiger charge is -2.22. The lowest BCUT2D eigenvalue weighted by atomic mass is 9.98. The highest BCUT2D eigenvalue weighted by Gasteiger charge is 2.36. The molecule has 4 nitrogen and oxygen atoms in total. The van der Waals surface area contributed by atoms with Gasteiger partial charge in [-0.25, -0.2) is 0 Å². The smallest absolute Gasteiger partial charge is 0.240 e. The van der Waals surface area contributed by atoms with Crippen LogP contribution < -0.4 is 11.1 Å². The molecule has 4 heteroatoms. The molecule has 0 aromatic heterocycles. The molecule has 0 radical (unpaired) electrons. The van der Waals surface area contributed by atoms with Gasteiger partial charge in [-0.2, -0.15) is 0 Å². The minimum atomic E-state index is -0.604. The second-order valence-electron chi connectivity index (χ2n) is 5.40. The fourth-order valence-corrected chi connectivity index (χ4v) is 2.85. The van der Waals surface area contributed by atoms with E-state index in [1.807, 2.05) is 0 Å². The van der Waals surface area contributed by atoms with Gasteiger partial charge in [-0.1, -0.05) is 25.7 Å². The van der Waals surface area contributed by atoms with Gasteiger partial charge in [-0.3, -0.25) is 4.79 Å². The summed E-state index contributed by atoms with van der Waals surface area (Å²) in [4.78, 5) is 11.9. The highest BCUT2D eigenvalue weighted by Crippen LogP contribution is 2.27. The van der Waals surface area contributed by atoms with Crippen molar-refractivity contribution in [1.29, 1.82) is 0 Å². The van der Waals surface area contributed by atoms with Gasteiger partial charge in [-0.05, 0) is 25.7 Å². The van der Waals surface area contributed by atoms with Crippen molar-refractivity contribution in [3.05, 3.63) is 0 Å². The van der Waals surface area contributed by atoms with Gasteiger partial charge in [-0.15, -0.1) is 0 Å². The van der Waals surface area contributed by atoms with Crippen molar-refractivity contribution in [3.8, 4) is 0 Å². The first-order chi connectivity index (χ1) is 8.21. The normalized spacial score (nSPS) is 24.1. The molecule has 0 saturated heterocycles. The van der Waals surface area contributed by atoms with Crippen LogP contribution in [-0.2, 0) is 9.53 Å². The Morgan fingerprint density at radius 2 is 1.88 bits per heavy atom. The molecule has 0 aromatic carbocycles. The van der Waals surface area contributed by atoms with Gasteiger partial charge in [0.1, 0.15) is 0 Å². The van der Waals surface area contributed by atoms with Crippen LogP contribution in [0.15, 0.2) is 0 Å². The van der Waals surface area contributed by atoms with E-state index in [2.05, 4.69) is 5.32 Å². The molecule has 2 aliphatic carbocycles. The minimum absolute atomic E-state index is 0.00465. The standard InChI is InChI=1S/C13H24N2O2/c14-13(7-3-4-8-13)12(16)15-9-10-17-11-5-1-2-6-11/h11H,1-10,14H2,(H,15,16). The number of hydrogen-bond acceptors (Lipinski definition) is 3. The summed E-state index contributed by atoms with van der Waals surface area (Å²) < 4.78 is 5.69. The van der Waals surface area contributed by atoms with Crippen LogP contribution in [0.3, 0.4) is 0 Å². The highest BCUT2D eigenvalue weighted by atomic mass is 16.5. The summed E-state index contributed by atoms with van der Waals surface area (Å²) in [6.45, 7) is 1.21. The van der Waals surface area contributed by atoms with Crippen LogP contribution >= 0.6 is 0 Å². The molecule has 17 heavy (non-hydrogen) atoms. The Bertz CT molecular complexity index is 256. The molecule has 2 aliphatic rings. The number of carbonyl (C=O) groups excluding carboxylic acids is 1. The summed E-state index contributed by atoms with van der Waals surface area (Å²) in [6, 6.07) is 0. The third-order valence-electron chi connectivity index (χ3n) is 3.99. The van der Waals surface area contributed by atoms with E-state index in [1.165, 1.54) is 25.7 Å². The minimum Gasteiger partial charge on any atom is -0.376 e.